The molecule has 3 aromatic rings. The van der Waals surface area contributed by atoms with Crippen LogP contribution in [0.25, 0.3) is 0 Å². The molecule has 0 aliphatic rings. The van der Waals surface area contributed by atoms with Gasteiger partial charge >= 0.3 is 5.97 Å². The van der Waals surface area contributed by atoms with Gasteiger partial charge in [-0.2, -0.15) is 0 Å². The number of ether oxygens (including phenoxy) is 2. The van der Waals surface area contributed by atoms with Gasteiger partial charge in [0.25, 0.3) is 0 Å². The summed E-state index contributed by atoms with van der Waals surface area (Å²) in [7, 11) is 0. The second-order valence-corrected chi connectivity index (χ2v) is 6.77. The molecule has 0 amide bonds. The van der Waals surface area contributed by atoms with Crippen LogP contribution in [0.4, 0.5) is 0 Å². The maximum absolute atomic E-state index is 13.0. The summed E-state index contributed by atoms with van der Waals surface area (Å²) in [6, 6.07) is 27.9. The number of hydrogen-bond donors (Lipinski definition) is 0. The summed E-state index contributed by atoms with van der Waals surface area (Å²) >= 11 is 0. The summed E-state index contributed by atoms with van der Waals surface area (Å²) in [6.07, 6.45) is -0.709. The van der Waals surface area contributed by atoms with Gasteiger partial charge in [0, 0.05) is 12.5 Å². The predicted molar refractivity (Wildman–Crippen MR) is 111 cm³/mol. The summed E-state index contributed by atoms with van der Waals surface area (Å²) in [5, 5.41) is 0. The van der Waals surface area contributed by atoms with Gasteiger partial charge < -0.3 is 9.47 Å². The van der Waals surface area contributed by atoms with Crippen molar-refractivity contribution in [3.8, 4) is 0 Å². The Morgan fingerprint density at radius 2 is 1.46 bits per heavy atom. The van der Waals surface area contributed by atoms with Gasteiger partial charge in [0.15, 0.2) is 6.10 Å². The molecule has 3 aromatic carbocycles. The highest BCUT2D eigenvalue weighted by Crippen LogP contribution is 2.30. The smallest absolute Gasteiger partial charge is 0.336 e. The van der Waals surface area contributed by atoms with E-state index < -0.39 is 6.10 Å². The van der Waals surface area contributed by atoms with Gasteiger partial charge in [0.1, 0.15) is 6.61 Å². The minimum absolute atomic E-state index is 0.229. The molecular weight excluding hydrogens is 348 g/mol. The maximum Gasteiger partial charge on any atom is 0.336 e. The maximum atomic E-state index is 13.0. The first kappa shape index (κ1) is 19.8. The average Bonchev–Trinajstić information content (AvgIpc) is 2.73. The Morgan fingerprint density at radius 1 is 0.857 bits per heavy atom. The molecule has 0 bridgehead atoms. The van der Waals surface area contributed by atoms with Crippen LogP contribution >= 0.6 is 0 Å². The Bertz CT molecular complexity index is 835. The topological polar surface area (TPSA) is 35.5 Å². The highest BCUT2D eigenvalue weighted by molar-refractivity contribution is 5.77. The van der Waals surface area contributed by atoms with E-state index in [-0.39, 0.29) is 18.5 Å². The number of rotatable bonds is 8. The van der Waals surface area contributed by atoms with Crippen molar-refractivity contribution in [3.05, 3.63) is 107 Å². The van der Waals surface area contributed by atoms with Crippen LogP contribution in [0.1, 0.15) is 35.1 Å². The molecule has 0 aliphatic heterocycles. The first-order chi connectivity index (χ1) is 13.7. The van der Waals surface area contributed by atoms with Crippen molar-refractivity contribution >= 4 is 5.97 Å². The average molecular weight is 374 g/mol. The summed E-state index contributed by atoms with van der Waals surface area (Å²) in [5.74, 6) is -0.576. The van der Waals surface area contributed by atoms with E-state index in [1.54, 1.807) is 0 Å². The molecule has 0 saturated carbocycles. The SMILES string of the molecule is CCOC(C(=O)OCc1cccc(C)c1)C(c1ccccc1)c1ccccc1. The van der Waals surface area contributed by atoms with E-state index >= 15 is 0 Å². The molecule has 1 atom stereocenters. The lowest BCUT2D eigenvalue weighted by molar-refractivity contribution is -0.159. The van der Waals surface area contributed by atoms with Crippen molar-refractivity contribution in [1.82, 2.24) is 0 Å². The monoisotopic (exact) mass is 374 g/mol. The molecule has 144 valence electrons. The summed E-state index contributed by atoms with van der Waals surface area (Å²) in [6.45, 7) is 4.59. The molecule has 28 heavy (non-hydrogen) atoms. The number of esters is 1. The standard InChI is InChI=1S/C25H26O3/c1-3-27-24(25(26)28-18-20-12-10-11-19(2)17-20)23(21-13-6-4-7-14-21)22-15-8-5-9-16-22/h4-17,23-24H,3,18H2,1-2H3. The van der Waals surface area contributed by atoms with Gasteiger partial charge in [-0.15, -0.1) is 0 Å². The Kier molecular flexibility index (Phi) is 6.99. The fourth-order valence-corrected chi connectivity index (χ4v) is 3.38. The number of carbonyl (C=O) groups excluding carboxylic acids is 1. The molecular formula is C25H26O3. The molecule has 0 N–H and O–H groups in total. The third-order valence-corrected chi connectivity index (χ3v) is 4.66. The quantitative estimate of drug-likeness (QED) is 0.504. The van der Waals surface area contributed by atoms with E-state index in [2.05, 4.69) is 0 Å². The van der Waals surface area contributed by atoms with Crippen molar-refractivity contribution in [1.29, 1.82) is 0 Å². The molecule has 1 unspecified atom stereocenters. The van der Waals surface area contributed by atoms with Crippen molar-refractivity contribution in [2.24, 2.45) is 0 Å². The lowest BCUT2D eigenvalue weighted by Gasteiger charge is -2.26. The second-order valence-electron chi connectivity index (χ2n) is 6.77. The van der Waals surface area contributed by atoms with Gasteiger partial charge in [-0.05, 0) is 30.5 Å². The van der Waals surface area contributed by atoms with Crippen LogP contribution in [-0.4, -0.2) is 18.7 Å². The van der Waals surface area contributed by atoms with E-state index in [1.807, 2.05) is 98.8 Å². The molecule has 3 rings (SSSR count). The van der Waals surface area contributed by atoms with Crippen LogP contribution in [-0.2, 0) is 20.9 Å². The normalized spacial score (nSPS) is 12.0. The Balaban J connectivity index is 1.86. The van der Waals surface area contributed by atoms with Crippen molar-refractivity contribution in [2.45, 2.75) is 32.5 Å². The van der Waals surface area contributed by atoms with Gasteiger partial charge in [0.2, 0.25) is 0 Å². The molecule has 0 heterocycles. The van der Waals surface area contributed by atoms with E-state index in [1.165, 1.54) is 0 Å². The summed E-state index contributed by atoms with van der Waals surface area (Å²) in [5.41, 5.74) is 4.17. The fourth-order valence-electron chi connectivity index (χ4n) is 3.38. The molecule has 3 nitrogen and oxygen atoms in total. The van der Waals surface area contributed by atoms with Crippen LogP contribution in [0, 0.1) is 6.92 Å². The first-order valence-electron chi connectivity index (χ1n) is 9.62. The van der Waals surface area contributed by atoms with Crippen LogP contribution in [0.3, 0.4) is 0 Å². The lowest BCUT2D eigenvalue weighted by Crippen LogP contribution is -2.33. The number of carbonyl (C=O) groups is 1. The van der Waals surface area contributed by atoms with E-state index in [4.69, 9.17) is 9.47 Å². The predicted octanol–water partition coefficient (Wildman–Crippen LogP) is 5.28. The van der Waals surface area contributed by atoms with Gasteiger partial charge in [-0.25, -0.2) is 4.79 Å². The summed E-state index contributed by atoms with van der Waals surface area (Å²) < 4.78 is 11.6. The van der Waals surface area contributed by atoms with E-state index in [0.717, 1.165) is 22.3 Å². The minimum Gasteiger partial charge on any atom is -0.459 e. The van der Waals surface area contributed by atoms with Crippen LogP contribution < -0.4 is 0 Å². The van der Waals surface area contributed by atoms with Crippen molar-refractivity contribution in [3.63, 3.8) is 0 Å². The third kappa shape index (κ3) is 5.08. The molecule has 0 radical (unpaired) electrons. The van der Waals surface area contributed by atoms with Crippen LogP contribution in [0.15, 0.2) is 84.9 Å². The van der Waals surface area contributed by atoms with Crippen LogP contribution in [0.2, 0.25) is 0 Å². The largest absolute Gasteiger partial charge is 0.459 e. The van der Waals surface area contributed by atoms with Gasteiger partial charge in [0.05, 0.1) is 0 Å². The summed E-state index contributed by atoms with van der Waals surface area (Å²) in [4.78, 5) is 13.0. The zero-order valence-corrected chi connectivity index (χ0v) is 16.4. The lowest BCUT2D eigenvalue weighted by atomic mass is 9.86. The van der Waals surface area contributed by atoms with E-state index in [9.17, 15) is 4.79 Å². The zero-order valence-electron chi connectivity index (χ0n) is 16.4. The van der Waals surface area contributed by atoms with Crippen LogP contribution in [0.5, 0.6) is 0 Å². The molecule has 3 heteroatoms. The third-order valence-electron chi connectivity index (χ3n) is 4.66. The Morgan fingerprint density at radius 3 is 2.00 bits per heavy atom. The Labute approximate surface area is 166 Å². The highest BCUT2D eigenvalue weighted by atomic mass is 16.6. The second kappa shape index (κ2) is 9.86. The first-order valence-corrected chi connectivity index (χ1v) is 9.62. The number of hydrogen-bond acceptors (Lipinski definition) is 3. The highest BCUT2D eigenvalue weighted by Gasteiger charge is 2.33. The molecule has 0 saturated heterocycles. The number of aryl methyl sites for hydroxylation is 1. The molecule has 0 aromatic heterocycles. The zero-order chi connectivity index (χ0) is 19.8. The minimum atomic E-state index is -0.709. The molecule has 0 fully saturated rings. The van der Waals surface area contributed by atoms with E-state index in [0.29, 0.717) is 6.61 Å². The fraction of sp³-hybridized carbons (Fsp3) is 0.240. The number of benzene rings is 3. The van der Waals surface area contributed by atoms with Crippen molar-refractivity contribution in [2.75, 3.05) is 6.61 Å². The van der Waals surface area contributed by atoms with Gasteiger partial charge in [-0.3, -0.25) is 0 Å². The van der Waals surface area contributed by atoms with Crippen molar-refractivity contribution < 1.29 is 14.3 Å². The molecule has 0 aliphatic carbocycles. The Hall–Kier alpha value is -2.91. The van der Waals surface area contributed by atoms with Gasteiger partial charge in [-0.1, -0.05) is 90.5 Å². The molecule has 0 spiro atoms.